The Labute approximate surface area is 189 Å². The van der Waals surface area contributed by atoms with Crippen LogP contribution in [0.1, 0.15) is 43.1 Å². The van der Waals surface area contributed by atoms with Gasteiger partial charge in [0, 0.05) is 13.1 Å². The molecule has 0 aromatic heterocycles. The van der Waals surface area contributed by atoms with Crippen molar-refractivity contribution in [3.8, 4) is 11.5 Å². The standard InChI is InChI=1S/C26H32N2O4/c1-4-31-21-9-10-24-19(13-21)12-20(16-32-24)25(29)27-23-8-6-5-7-22(23)26(30)28-14-17(2)11-18(3)15-28/h5-10,13,17-18,20H,4,11-12,14-16H2,1-3H3,(H,27,29). The third-order valence-corrected chi connectivity index (χ3v) is 6.19. The predicted molar refractivity (Wildman–Crippen MR) is 124 cm³/mol. The van der Waals surface area contributed by atoms with Crippen LogP contribution in [0, 0.1) is 17.8 Å². The van der Waals surface area contributed by atoms with Crippen molar-refractivity contribution in [1.82, 2.24) is 4.90 Å². The maximum Gasteiger partial charge on any atom is 0.255 e. The van der Waals surface area contributed by atoms with Crippen molar-refractivity contribution >= 4 is 17.5 Å². The monoisotopic (exact) mass is 436 g/mol. The van der Waals surface area contributed by atoms with E-state index >= 15 is 0 Å². The summed E-state index contributed by atoms with van der Waals surface area (Å²) in [7, 11) is 0. The highest BCUT2D eigenvalue weighted by Crippen LogP contribution is 2.32. The largest absolute Gasteiger partial charge is 0.494 e. The lowest BCUT2D eigenvalue weighted by atomic mass is 9.91. The van der Waals surface area contributed by atoms with Gasteiger partial charge in [-0.2, -0.15) is 0 Å². The van der Waals surface area contributed by atoms with E-state index in [1.807, 2.05) is 42.2 Å². The van der Waals surface area contributed by atoms with Gasteiger partial charge in [-0.1, -0.05) is 26.0 Å². The highest BCUT2D eigenvalue weighted by Gasteiger charge is 2.30. The van der Waals surface area contributed by atoms with Crippen molar-refractivity contribution in [3.05, 3.63) is 53.6 Å². The topological polar surface area (TPSA) is 67.9 Å². The second-order valence-electron chi connectivity index (χ2n) is 9.11. The van der Waals surface area contributed by atoms with Crippen molar-refractivity contribution in [2.75, 3.05) is 31.6 Å². The molecule has 6 nitrogen and oxygen atoms in total. The van der Waals surface area contributed by atoms with Crippen LogP contribution in [0.2, 0.25) is 0 Å². The number of hydrogen-bond donors (Lipinski definition) is 1. The van der Waals surface area contributed by atoms with Gasteiger partial charge < -0.3 is 19.7 Å². The van der Waals surface area contributed by atoms with Gasteiger partial charge in [0.2, 0.25) is 5.91 Å². The number of carbonyl (C=O) groups excluding carboxylic acids is 2. The summed E-state index contributed by atoms with van der Waals surface area (Å²) in [4.78, 5) is 28.3. The molecule has 32 heavy (non-hydrogen) atoms. The summed E-state index contributed by atoms with van der Waals surface area (Å²) in [5, 5.41) is 3.00. The molecule has 1 N–H and O–H groups in total. The summed E-state index contributed by atoms with van der Waals surface area (Å²) >= 11 is 0. The number of anilines is 1. The second kappa shape index (κ2) is 9.63. The normalized spacial score (nSPS) is 22.5. The molecule has 2 amide bonds. The first-order valence-electron chi connectivity index (χ1n) is 11.5. The molecule has 2 aromatic rings. The molecule has 3 atom stereocenters. The van der Waals surface area contributed by atoms with Crippen LogP contribution >= 0.6 is 0 Å². The van der Waals surface area contributed by atoms with E-state index in [1.165, 1.54) is 0 Å². The highest BCUT2D eigenvalue weighted by molar-refractivity contribution is 6.04. The van der Waals surface area contributed by atoms with Gasteiger partial charge in [-0.05, 0) is 67.5 Å². The SMILES string of the molecule is CCOc1ccc2c(c1)CC(C(=O)Nc1ccccc1C(=O)N1CC(C)CC(C)C1)CO2. The lowest BCUT2D eigenvalue weighted by molar-refractivity contribution is -0.121. The molecule has 1 saturated heterocycles. The summed E-state index contributed by atoms with van der Waals surface area (Å²) in [5.41, 5.74) is 2.06. The Kier molecular flexibility index (Phi) is 6.68. The van der Waals surface area contributed by atoms with Crippen LogP contribution < -0.4 is 14.8 Å². The van der Waals surface area contributed by atoms with Crippen molar-refractivity contribution in [2.24, 2.45) is 17.8 Å². The molecular weight excluding hydrogens is 404 g/mol. The number of nitrogens with one attached hydrogen (secondary N) is 1. The van der Waals surface area contributed by atoms with E-state index in [0.29, 0.717) is 42.7 Å². The molecule has 0 bridgehead atoms. The van der Waals surface area contributed by atoms with Crippen molar-refractivity contribution < 1.29 is 19.1 Å². The molecule has 0 radical (unpaired) electrons. The number of ether oxygens (including phenoxy) is 2. The molecule has 2 aromatic carbocycles. The molecule has 2 aliphatic rings. The number of hydrogen-bond acceptors (Lipinski definition) is 4. The summed E-state index contributed by atoms with van der Waals surface area (Å²) < 4.78 is 11.4. The fourth-order valence-electron chi connectivity index (χ4n) is 4.81. The number of piperidine rings is 1. The van der Waals surface area contributed by atoms with Crippen LogP contribution in [-0.2, 0) is 11.2 Å². The molecule has 170 valence electrons. The van der Waals surface area contributed by atoms with Gasteiger partial charge in [0.05, 0.1) is 23.8 Å². The Balaban J connectivity index is 1.47. The minimum Gasteiger partial charge on any atom is -0.494 e. The van der Waals surface area contributed by atoms with Gasteiger partial charge in [0.1, 0.15) is 18.1 Å². The van der Waals surface area contributed by atoms with Gasteiger partial charge in [-0.25, -0.2) is 0 Å². The molecule has 3 unspecified atom stereocenters. The van der Waals surface area contributed by atoms with Gasteiger partial charge >= 0.3 is 0 Å². The Morgan fingerprint density at radius 2 is 1.88 bits per heavy atom. The summed E-state index contributed by atoms with van der Waals surface area (Å²) in [6.45, 7) is 8.70. The van der Waals surface area contributed by atoms with Crippen molar-refractivity contribution in [3.63, 3.8) is 0 Å². The first-order valence-corrected chi connectivity index (χ1v) is 11.5. The van der Waals surface area contributed by atoms with E-state index in [9.17, 15) is 9.59 Å². The Hall–Kier alpha value is -3.02. The Morgan fingerprint density at radius 3 is 2.62 bits per heavy atom. The highest BCUT2D eigenvalue weighted by atomic mass is 16.5. The number of nitrogens with zero attached hydrogens (tertiary/aromatic N) is 1. The molecule has 0 saturated carbocycles. The zero-order chi connectivity index (χ0) is 22.7. The minimum absolute atomic E-state index is 0.0223. The fourth-order valence-corrected chi connectivity index (χ4v) is 4.81. The molecule has 6 heteroatoms. The molecule has 1 fully saturated rings. The lowest BCUT2D eigenvalue weighted by Gasteiger charge is -2.35. The van der Waals surface area contributed by atoms with E-state index in [4.69, 9.17) is 9.47 Å². The van der Waals surface area contributed by atoms with Gasteiger partial charge in [0.15, 0.2) is 0 Å². The van der Waals surface area contributed by atoms with Gasteiger partial charge in [-0.15, -0.1) is 0 Å². The minimum atomic E-state index is -0.336. The van der Waals surface area contributed by atoms with Crippen LogP contribution in [0.4, 0.5) is 5.69 Å². The van der Waals surface area contributed by atoms with Crippen LogP contribution in [0.15, 0.2) is 42.5 Å². The molecule has 4 rings (SSSR count). The zero-order valence-electron chi connectivity index (χ0n) is 19.1. The van der Waals surface area contributed by atoms with E-state index in [0.717, 1.165) is 36.6 Å². The third-order valence-electron chi connectivity index (χ3n) is 6.19. The van der Waals surface area contributed by atoms with Gasteiger partial charge in [0.25, 0.3) is 5.91 Å². The number of rotatable bonds is 5. The molecule has 2 heterocycles. The van der Waals surface area contributed by atoms with E-state index in [1.54, 1.807) is 12.1 Å². The van der Waals surface area contributed by atoms with Crippen LogP contribution in [0.25, 0.3) is 0 Å². The number of likely N-dealkylation sites (tertiary alicyclic amines) is 1. The zero-order valence-corrected chi connectivity index (χ0v) is 19.1. The Bertz CT molecular complexity index is 980. The first-order chi connectivity index (χ1) is 15.4. The second-order valence-corrected chi connectivity index (χ2v) is 9.11. The first kappa shape index (κ1) is 22.2. The maximum absolute atomic E-state index is 13.3. The number of carbonyl (C=O) groups is 2. The van der Waals surface area contributed by atoms with Crippen LogP contribution in [0.3, 0.4) is 0 Å². The van der Waals surface area contributed by atoms with E-state index < -0.39 is 0 Å². The third kappa shape index (κ3) is 4.90. The summed E-state index contributed by atoms with van der Waals surface area (Å²) in [6.07, 6.45) is 1.70. The average molecular weight is 437 g/mol. The quantitative estimate of drug-likeness (QED) is 0.755. The molecule has 2 aliphatic heterocycles. The van der Waals surface area contributed by atoms with E-state index in [2.05, 4.69) is 19.2 Å². The number of amides is 2. The van der Waals surface area contributed by atoms with E-state index in [-0.39, 0.29) is 17.7 Å². The van der Waals surface area contributed by atoms with Crippen molar-refractivity contribution in [1.29, 1.82) is 0 Å². The summed E-state index contributed by atoms with van der Waals surface area (Å²) in [5.74, 6) is 2.02. The molecule has 0 spiro atoms. The van der Waals surface area contributed by atoms with Gasteiger partial charge in [-0.3, -0.25) is 9.59 Å². The predicted octanol–water partition coefficient (Wildman–Crippen LogP) is 4.39. The number of fused-ring (bicyclic) bond motifs is 1. The molecular formula is C26H32N2O4. The maximum atomic E-state index is 13.3. The Morgan fingerprint density at radius 1 is 1.12 bits per heavy atom. The van der Waals surface area contributed by atoms with Crippen molar-refractivity contribution in [2.45, 2.75) is 33.6 Å². The average Bonchev–Trinajstić information content (AvgIpc) is 2.78. The lowest BCUT2D eigenvalue weighted by Crippen LogP contribution is -2.43. The van der Waals surface area contributed by atoms with Crippen LogP contribution in [0.5, 0.6) is 11.5 Å². The number of para-hydroxylation sites is 1. The number of benzene rings is 2. The molecule has 0 aliphatic carbocycles. The summed E-state index contributed by atoms with van der Waals surface area (Å²) in [6, 6.07) is 13.0. The smallest absolute Gasteiger partial charge is 0.255 e. The fraction of sp³-hybridized carbons (Fsp3) is 0.462. The van der Waals surface area contributed by atoms with Crippen LogP contribution in [-0.4, -0.2) is 43.0 Å².